The first-order chi connectivity index (χ1) is 16.3. The third-order valence-corrected chi connectivity index (χ3v) is 6.17. The number of ether oxygens (including phenoxy) is 4. The Morgan fingerprint density at radius 2 is 1.44 bits per heavy atom. The highest BCUT2D eigenvalue weighted by atomic mass is 32.1. The Kier molecular flexibility index (Phi) is 20.0. The van der Waals surface area contributed by atoms with Gasteiger partial charge in [0.25, 0.3) is 0 Å². The van der Waals surface area contributed by atoms with E-state index in [0.29, 0.717) is 22.9 Å². The van der Waals surface area contributed by atoms with Crippen molar-refractivity contribution in [2.45, 2.75) is 103 Å². The molecule has 0 unspecified atom stereocenters. The van der Waals surface area contributed by atoms with Crippen LogP contribution < -0.4 is 14.2 Å². The highest BCUT2D eigenvalue weighted by Crippen LogP contribution is 2.36. The van der Waals surface area contributed by atoms with Gasteiger partial charge < -0.3 is 18.9 Å². The molecule has 1 saturated carbocycles. The number of esters is 1. The molecule has 0 saturated heterocycles. The lowest BCUT2D eigenvalue weighted by atomic mass is 10.2. The van der Waals surface area contributed by atoms with Gasteiger partial charge in [0.2, 0.25) is 5.88 Å². The molecule has 1 aromatic carbocycles. The summed E-state index contributed by atoms with van der Waals surface area (Å²) in [6, 6.07) is 7.64. The first-order valence-corrected chi connectivity index (χ1v) is 12.5. The zero-order valence-corrected chi connectivity index (χ0v) is 21.6. The molecule has 8 heteroatoms. The molecule has 7 nitrogen and oxygen atoms in total. The smallest absolute Gasteiger partial charge is 0.308 e. The lowest BCUT2D eigenvalue weighted by Gasteiger charge is -2.14. The minimum atomic E-state index is -0.0445. The molecule has 0 spiro atoms. The van der Waals surface area contributed by atoms with Gasteiger partial charge in [0.05, 0.1) is 42.2 Å². The predicted molar refractivity (Wildman–Crippen MR) is 169 cm³/mol. The summed E-state index contributed by atoms with van der Waals surface area (Å²) in [6.07, 6.45) is 4.81. The third kappa shape index (κ3) is 11.0. The van der Waals surface area contributed by atoms with Crippen molar-refractivity contribution in [2.75, 3.05) is 14.2 Å². The van der Waals surface area contributed by atoms with Gasteiger partial charge in [0.1, 0.15) is 11.8 Å². The summed E-state index contributed by atoms with van der Waals surface area (Å²) < 4.78 is 21.8. The number of nitrogens with zero attached hydrogens (tertiary/aromatic N) is 2. The van der Waals surface area contributed by atoms with Crippen molar-refractivity contribution < 1.29 is 23.7 Å². The molecule has 0 aliphatic heterocycles. The molecule has 0 atom stereocenters. The number of hydrogen-bond acceptors (Lipinski definition) is 8. The molecule has 0 N–H and O–H groups in total. The first kappa shape index (κ1) is 40.6. The number of rotatable bonds is 7. The van der Waals surface area contributed by atoms with Gasteiger partial charge in [0.15, 0.2) is 11.5 Å². The van der Waals surface area contributed by atoms with Crippen LogP contribution in [-0.2, 0) is 9.53 Å². The Hall–Kier alpha value is -2.87. The van der Waals surface area contributed by atoms with Crippen LogP contribution in [0.2, 0.25) is 0 Å². The number of aromatic nitrogens is 2. The molecule has 4 rings (SSSR count). The predicted octanol–water partition coefficient (Wildman–Crippen LogP) is 9.47. The average molecular weight is 567 g/mol. The Bertz CT molecular complexity index is 1080. The molecule has 2 heterocycles. The van der Waals surface area contributed by atoms with Crippen LogP contribution >= 0.6 is 11.3 Å². The Morgan fingerprint density at radius 3 is 1.87 bits per heavy atom. The van der Waals surface area contributed by atoms with E-state index in [1.165, 1.54) is 12.8 Å². The minimum absolute atomic E-state index is 0. The fourth-order valence-corrected chi connectivity index (χ4v) is 4.26. The van der Waals surface area contributed by atoms with Crippen molar-refractivity contribution >= 4 is 28.3 Å². The van der Waals surface area contributed by atoms with Crippen molar-refractivity contribution in [1.29, 1.82) is 0 Å². The fourth-order valence-electron chi connectivity index (χ4n) is 3.55. The Balaban J connectivity index is -0.000000704. The van der Waals surface area contributed by atoms with Gasteiger partial charge in [-0.05, 0) is 51.0 Å². The van der Waals surface area contributed by atoms with E-state index in [0.717, 1.165) is 28.9 Å². The number of thiophene rings is 1. The molecule has 0 amide bonds. The molecule has 2 aromatic heterocycles. The molecular formula is C31H54N2O5S. The molecular weight excluding hydrogens is 512 g/mol. The monoisotopic (exact) mass is 566 g/mol. The lowest BCUT2D eigenvalue weighted by Crippen LogP contribution is -2.18. The van der Waals surface area contributed by atoms with E-state index in [-0.39, 0.29) is 61.2 Å². The lowest BCUT2D eigenvalue weighted by molar-refractivity contribution is -0.152. The maximum Gasteiger partial charge on any atom is 0.308 e. The van der Waals surface area contributed by atoms with Crippen LogP contribution in [0.15, 0.2) is 29.6 Å². The summed E-state index contributed by atoms with van der Waals surface area (Å²) >= 11 is 1.60. The largest absolute Gasteiger partial charge is 0.493 e. The molecule has 39 heavy (non-hydrogen) atoms. The van der Waals surface area contributed by atoms with Gasteiger partial charge in [-0.2, -0.15) is 0 Å². The van der Waals surface area contributed by atoms with Crippen LogP contribution in [0.1, 0.15) is 90.5 Å². The molecule has 1 aliphatic carbocycles. The molecule has 1 fully saturated rings. The summed E-state index contributed by atoms with van der Waals surface area (Å²) in [5, 5.41) is 2.01. The number of carbonyl (C=O) groups is 1. The topological polar surface area (TPSA) is 79.8 Å². The molecule has 224 valence electrons. The Morgan fingerprint density at radius 1 is 0.897 bits per heavy atom. The highest BCUT2D eigenvalue weighted by molar-refractivity contribution is 7.13. The SMILES string of the molecule is C.C.C.C.C.CC(C)C(=O)OC1CCCC1.COc1cc2nc(OC(C)C)c(-c3cccs3)nc2cc1OC. The van der Waals surface area contributed by atoms with Gasteiger partial charge in [-0.3, -0.25) is 4.79 Å². The summed E-state index contributed by atoms with van der Waals surface area (Å²) in [7, 11) is 3.20. The van der Waals surface area contributed by atoms with Gasteiger partial charge in [-0.15, -0.1) is 11.3 Å². The maximum absolute atomic E-state index is 11.1. The molecule has 0 bridgehead atoms. The van der Waals surface area contributed by atoms with E-state index in [1.807, 2.05) is 57.3 Å². The van der Waals surface area contributed by atoms with E-state index in [2.05, 4.69) is 4.98 Å². The molecule has 3 aromatic rings. The number of fused-ring (bicyclic) bond motifs is 1. The van der Waals surface area contributed by atoms with E-state index in [4.69, 9.17) is 23.9 Å². The van der Waals surface area contributed by atoms with Gasteiger partial charge in [-0.25, -0.2) is 9.97 Å². The number of benzene rings is 1. The van der Waals surface area contributed by atoms with Crippen molar-refractivity contribution in [2.24, 2.45) is 5.92 Å². The average Bonchev–Trinajstić information content (AvgIpc) is 3.52. The minimum Gasteiger partial charge on any atom is -0.493 e. The van der Waals surface area contributed by atoms with Crippen molar-refractivity contribution in [3.05, 3.63) is 29.6 Å². The molecule has 1 aliphatic rings. The normalized spacial score (nSPS) is 11.9. The van der Waals surface area contributed by atoms with Crippen molar-refractivity contribution in [3.63, 3.8) is 0 Å². The fraction of sp³-hybridized carbons (Fsp3) is 0.581. The van der Waals surface area contributed by atoms with E-state index in [1.54, 1.807) is 25.6 Å². The van der Waals surface area contributed by atoms with Crippen LogP contribution in [-0.4, -0.2) is 42.4 Å². The Labute approximate surface area is 242 Å². The zero-order valence-electron chi connectivity index (χ0n) is 20.8. The van der Waals surface area contributed by atoms with Gasteiger partial charge in [0, 0.05) is 12.1 Å². The second-order valence-electron chi connectivity index (χ2n) is 8.72. The second kappa shape index (κ2) is 19.2. The third-order valence-electron chi connectivity index (χ3n) is 5.30. The van der Waals surface area contributed by atoms with Gasteiger partial charge >= 0.3 is 5.97 Å². The van der Waals surface area contributed by atoms with E-state index < -0.39 is 0 Å². The number of methoxy groups -OCH3 is 2. The second-order valence-corrected chi connectivity index (χ2v) is 9.66. The van der Waals surface area contributed by atoms with Crippen molar-refractivity contribution in [3.8, 4) is 28.0 Å². The van der Waals surface area contributed by atoms with Crippen LogP contribution in [0.3, 0.4) is 0 Å². The number of carbonyl (C=O) groups excluding carboxylic acids is 1. The zero-order chi connectivity index (χ0) is 24.7. The summed E-state index contributed by atoms with van der Waals surface area (Å²) in [6.45, 7) is 7.69. The summed E-state index contributed by atoms with van der Waals surface area (Å²) in [5.74, 6) is 1.76. The number of hydrogen-bond donors (Lipinski definition) is 0. The standard InChI is InChI=1S/C17H18N2O3S.C9H16O2.5CH4/c1-10(2)22-17-16(15-6-5-7-23-15)18-11-8-13(20-3)14(21-4)9-12(11)19-17;1-7(2)9(10)11-8-5-3-4-6-8;;;;;/h5-10H,1-4H3;7-8H,3-6H2,1-2H3;5*1H4. The maximum atomic E-state index is 11.1. The van der Waals surface area contributed by atoms with Crippen LogP contribution in [0, 0.1) is 5.92 Å². The quantitative estimate of drug-likeness (QED) is 0.263. The van der Waals surface area contributed by atoms with E-state index >= 15 is 0 Å². The van der Waals surface area contributed by atoms with E-state index in [9.17, 15) is 4.79 Å². The molecule has 0 radical (unpaired) electrons. The van der Waals surface area contributed by atoms with Gasteiger partial charge in [-0.1, -0.05) is 57.0 Å². The van der Waals surface area contributed by atoms with Crippen LogP contribution in [0.5, 0.6) is 17.4 Å². The summed E-state index contributed by atoms with van der Waals surface area (Å²) in [4.78, 5) is 21.5. The van der Waals surface area contributed by atoms with Crippen molar-refractivity contribution in [1.82, 2.24) is 9.97 Å². The first-order valence-electron chi connectivity index (χ1n) is 11.7. The van der Waals surface area contributed by atoms with Crippen LogP contribution in [0.4, 0.5) is 0 Å². The highest BCUT2D eigenvalue weighted by Gasteiger charge is 2.20. The van der Waals surface area contributed by atoms with Crippen LogP contribution in [0.25, 0.3) is 21.6 Å². The summed E-state index contributed by atoms with van der Waals surface area (Å²) in [5.41, 5.74) is 2.19.